The van der Waals surface area contributed by atoms with Gasteiger partial charge in [-0.2, -0.15) is 0 Å². The maximum absolute atomic E-state index is 12.7. The lowest BCUT2D eigenvalue weighted by Crippen LogP contribution is -2.41. The molecular formula is C16H17N3O3. The van der Waals surface area contributed by atoms with Crippen LogP contribution in [0.1, 0.15) is 38.9 Å². The molecule has 2 aliphatic rings. The highest BCUT2D eigenvalue weighted by atomic mass is 16.6. The van der Waals surface area contributed by atoms with Gasteiger partial charge in [-0.3, -0.25) is 14.9 Å². The number of rotatable bonds is 2. The lowest BCUT2D eigenvalue weighted by molar-refractivity contribution is -0.383. The molecule has 4 rings (SSSR count). The second kappa shape index (κ2) is 3.94. The number of fused-ring (bicyclic) bond motifs is 3. The number of non-ortho nitro benzene ring substituents is 1. The van der Waals surface area contributed by atoms with Crippen LogP contribution in [0.15, 0.2) is 18.2 Å². The third-order valence-corrected chi connectivity index (χ3v) is 5.99. The van der Waals surface area contributed by atoms with E-state index >= 15 is 0 Å². The highest BCUT2D eigenvalue weighted by molar-refractivity contribution is 5.95. The van der Waals surface area contributed by atoms with Crippen molar-refractivity contribution in [2.45, 2.75) is 38.5 Å². The van der Waals surface area contributed by atoms with Gasteiger partial charge in [-0.1, -0.05) is 19.9 Å². The molecular weight excluding hydrogens is 282 g/mol. The lowest BCUT2D eigenvalue weighted by Gasteiger charge is -2.34. The van der Waals surface area contributed by atoms with Crippen LogP contribution in [0.25, 0.3) is 11.0 Å². The normalized spacial score (nSPS) is 29.4. The Morgan fingerprint density at radius 2 is 2.18 bits per heavy atom. The summed E-state index contributed by atoms with van der Waals surface area (Å²) in [6, 6.07) is 4.86. The largest absolute Gasteiger partial charge is 0.341 e. The molecule has 2 aliphatic carbocycles. The second-order valence-corrected chi connectivity index (χ2v) is 7.01. The van der Waals surface area contributed by atoms with E-state index in [9.17, 15) is 14.9 Å². The van der Waals surface area contributed by atoms with E-state index < -0.39 is 10.3 Å². The molecule has 0 aliphatic heterocycles. The van der Waals surface area contributed by atoms with Crippen molar-refractivity contribution in [3.8, 4) is 0 Å². The van der Waals surface area contributed by atoms with Crippen molar-refractivity contribution in [2.75, 3.05) is 0 Å². The van der Waals surface area contributed by atoms with Gasteiger partial charge in [0.1, 0.15) is 11.6 Å². The van der Waals surface area contributed by atoms with Gasteiger partial charge in [-0.05, 0) is 30.2 Å². The smallest absolute Gasteiger partial charge is 0.297 e. The van der Waals surface area contributed by atoms with Crippen LogP contribution in [-0.4, -0.2) is 20.7 Å². The first-order chi connectivity index (χ1) is 10.4. The van der Waals surface area contributed by atoms with Crippen LogP contribution in [0.5, 0.6) is 0 Å². The summed E-state index contributed by atoms with van der Waals surface area (Å²) in [6.07, 6.45) is 2.38. The average molecular weight is 299 g/mol. The zero-order chi connectivity index (χ0) is 15.7. The minimum absolute atomic E-state index is 0.0193. The molecule has 2 atom stereocenters. The van der Waals surface area contributed by atoms with Crippen molar-refractivity contribution < 1.29 is 9.72 Å². The molecule has 6 heteroatoms. The number of Topliss-reactive ketones (excluding diaryl/α,β-unsaturated/α-hetero) is 1. The summed E-state index contributed by atoms with van der Waals surface area (Å²) in [5.41, 5.74) is 0.166. The first-order valence-electron chi connectivity index (χ1n) is 7.55. The number of imidazole rings is 1. The monoisotopic (exact) mass is 299 g/mol. The highest BCUT2D eigenvalue weighted by Gasteiger charge is 2.66. The SMILES string of the molecule is CC1(C)C2CCC1(c1nc3c([N+](=O)[O-])cccc3[nH]1)C(=O)C2. The predicted molar refractivity (Wildman–Crippen MR) is 80.6 cm³/mol. The molecule has 6 nitrogen and oxygen atoms in total. The van der Waals surface area contributed by atoms with Gasteiger partial charge in [-0.25, -0.2) is 4.98 Å². The molecule has 1 heterocycles. The minimum Gasteiger partial charge on any atom is -0.341 e. The summed E-state index contributed by atoms with van der Waals surface area (Å²) in [5, 5.41) is 11.2. The molecule has 2 saturated carbocycles. The van der Waals surface area contributed by atoms with Crippen LogP contribution < -0.4 is 0 Å². The number of H-pyrrole nitrogens is 1. The van der Waals surface area contributed by atoms with E-state index in [2.05, 4.69) is 23.8 Å². The fourth-order valence-corrected chi connectivity index (χ4v) is 4.60. The standard InChI is InChI=1S/C16H17N3O3/c1-15(2)9-6-7-16(15,12(20)8-9)14-17-10-4-3-5-11(19(21)22)13(10)18-14/h3-5,9H,6-8H2,1-2H3,(H,17,18). The van der Waals surface area contributed by atoms with Crippen molar-refractivity contribution >= 4 is 22.5 Å². The summed E-state index contributed by atoms with van der Waals surface area (Å²) in [5.74, 6) is 1.20. The maximum Gasteiger partial charge on any atom is 0.297 e. The van der Waals surface area contributed by atoms with Gasteiger partial charge in [0.05, 0.1) is 15.9 Å². The third-order valence-electron chi connectivity index (χ3n) is 5.99. The van der Waals surface area contributed by atoms with E-state index in [-0.39, 0.29) is 16.9 Å². The molecule has 1 aromatic carbocycles. The summed E-state index contributed by atoms with van der Waals surface area (Å²) >= 11 is 0. The number of nitro benzene ring substituents is 1. The van der Waals surface area contributed by atoms with Crippen LogP contribution in [0, 0.1) is 21.4 Å². The maximum atomic E-state index is 12.7. The zero-order valence-electron chi connectivity index (χ0n) is 12.5. The van der Waals surface area contributed by atoms with Crippen molar-refractivity contribution in [1.29, 1.82) is 0 Å². The fourth-order valence-electron chi connectivity index (χ4n) is 4.60. The number of aromatic nitrogens is 2. The van der Waals surface area contributed by atoms with Gasteiger partial charge in [-0.15, -0.1) is 0 Å². The number of aromatic amines is 1. The number of para-hydroxylation sites is 1. The summed E-state index contributed by atoms with van der Waals surface area (Å²) in [7, 11) is 0. The van der Waals surface area contributed by atoms with E-state index in [1.165, 1.54) is 6.07 Å². The van der Waals surface area contributed by atoms with Crippen molar-refractivity contribution in [2.24, 2.45) is 11.3 Å². The Balaban J connectivity index is 1.97. The number of nitrogens with one attached hydrogen (secondary N) is 1. The minimum atomic E-state index is -0.620. The number of ketones is 1. The summed E-state index contributed by atoms with van der Waals surface area (Å²) in [6.45, 7) is 4.24. The molecule has 2 unspecified atom stereocenters. The topological polar surface area (TPSA) is 88.9 Å². The van der Waals surface area contributed by atoms with Crippen molar-refractivity contribution in [1.82, 2.24) is 9.97 Å². The van der Waals surface area contributed by atoms with Gasteiger partial charge in [0, 0.05) is 12.5 Å². The Kier molecular flexibility index (Phi) is 2.40. The first kappa shape index (κ1) is 13.4. The Labute approximate surface area is 127 Å². The Morgan fingerprint density at radius 1 is 1.41 bits per heavy atom. The highest BCUT2D eigenvalue weighted by Crippen LogP contribution is 2.64. The predicted octanol–water partition coefficient (Wildman–Crippen LogP) is 3.12. The fraction of sp³-hybridized carbons (Fsp3) is 0.500. The molecule has 0 spiro atoms. The first-order valence-corrected chi connectivity index (χ1v) is 7.55. The van der Waals surface area contributed by atoms with Crippen LogP contribution in [0.4, 0.5) is 5.69 Å². The molecule has 0 amide bonds. The van der Waals surface area contributed by atoms with E-state index in [0.29, 0.717) is 29.2 Å². The molecule has 0 saturated heterocycles. The van der Waals surface area contributed by atoms with Gasteiger partial charge < -0.3 is 4.98 Å². The number of hydrogen-bond acceptors (Lipinski definition) is 4. The molecule has 114 valence electrons. The quantitative estimate of drug-likeness (QED) is 0.681. The molecule has 0 radical (unpaired) electrons. The Bertz CT molecular complexity index is 823. The van der Waals surface area contributed by atoms with Gasteiger partial charge in [0.2, 0.25) is 0 Å². The zero-order valence-corrected chi connectivity index (χ0v) is 12.5. The number of nitro groups is 1. The molecule has 2 aromatic rings. The molecule has 22 heavy (non-hydrogen) atoms. The van der Waals surface area contributed by atoms with Crippen molar-refractivity contribution in [3.63, 3.8) is 0 Å². The van der Waals surface area contributed by atoms with Crippen LogP contribution in [0.2, 0.25) is 0 Å². The Hall–Kier alpha value is -2.24. The number of hydrogen-bond donors (Lipinski definition) is 1. The number of nitrogens with zero attached hydrogens (tertiary/aromatic N) is 2. The van der Waals surface area contributed by atoms with E-state index in [1.807, 2.05) is 0 Å². The summed E-state index contributed by atoms with van der Waals surface area (Å²) < 4.78 is 0. The Morgan fingerprint density at radius 3 is 2.77 bits per heavy atom. The van der Waals surface area contributed by atoms with E-state index in [4.69, 9.17) is 0 Å². The number of benzene rings is 1. The number of carbonyl (C=O) groups excluding carboxylic acids is 1. The van der Waals surface area contributed by atoms with Crippen LogP contribution in [0.3, 0.4) is 0 Å². The van der Waals surface area contributed by atoms with Gasteiger partial charge >= 0.3 is 0 Å². The average Bonchev–Trinajstić information content (AvgIpc) is 3.05. The molecule has 1 aromatic heterocycles. The molecule has 1 N–H and O–H groups in total. The van der Waals surface area contributed by atoms with E-state index in [0.717, 1.165) is 12.8 Å². The number of carbonyl (C=O) groups is 1. The van der Waals surface area contributed by atoms with Crippen LogP contribution in [-0.2, 0) is 10.2 Å². The van der Waals surface area contributed by atoms with Crippen LogP contribution >= 0.6 is 0 Å². The molecule has 2 fully saturated rings. The van der Waals surface area contributed by atoms with Gasteiger partial charge in [0.15, 0.2) is 5.52 Å². The molecule has 2 bridgehead atoms. The second-order valence-electron chi connectivity index (χ2n) is 7.01. The van der Waals surface area contributed by atoms with Gasteiger partial charge in [0.25, 0.3) is 5.69 Å². The third kappa shape index (κ3) is 1.35. The van der Waals surface area contributed by atoms with Crippen molar-refractivity contribution in [3.05, 3.63) is 34.1 Å². The van der Waals surface area contributed by atoms with E-state index in [1.54, 1.807) is 12.1 Å². The lowest BCUT2D eigenvalue weighted by atomic mass is 9.68. The summed E-state index contributed by atoms with van der Waals surface area (Å²) in [4.78, 5) is 31.1.